The Morgan fingerprint density at radius 1 is 1.26 bits per heavy atom. The first-order valence-corrected chi connectivity index (χ1v) is 9.35. The van der Waals surface area contributed by atoms with Crippen LogP contribution in [0.1, 0.15) is 19.8 Å². The fraction of sp³-hybridized carbons (Fsp3) is 0.500. The van der Waals surface area contributed by atoms with Crippen molar-refractivity contribution in [1.82, 2.24) is 25.1 Å². The van der Waals surface area contributed by atoms with Crippen molar-refractivity contribution in [3.63, 3.8) is 0 Å². The third kappa shape index (κ3) is 5.34. The van der Waals surface area contributed by atoms with E-state index >= 15 is 0 Å². The lowest BCUT2D eigenvalue weighted by molar-refractivity contribution is -0.274. The van der Waals surface area contributed by atoms with E-state index in [1.54, 1.807) is 0 Å². The fourth-order valence-corrected chi connectivity index (χ4v) is 3.49. The lowest BCUT2D eigenvalue weighted by atomic mass is 9.99. The number of piperidine rings is 1. The van der Waals surface area contributed by atoms with E-state index in [0.29, 0.717) is 16.8 Å². The Morgan fingerprint density at radius 3 is 2.56 bits per heavy atom. The first-order chi connectivity index (χ1) is 12.8. The number of tetrazole rings is 1. The quantitative estimate of drug-likeness (QED) is 0.718. The van der Waals surface area contributed by atoms with Crippen molar-refractivity contribution in [3.8, 4) is 11.4 Å². The zero-order valence-corrected chi connectivity index (χ0v) is 15.3. The summed E-state index contributed by atoms with van der Waals surface area (Å²) in [4.78, 5) is 14.2. The Labute approximate surface area is 157 Å². The lowest BCUT2D eigenvalue weighted by Gasteiger charge is -2.30. The Hall–Kier alpha value is -2.30. The molecule has 0 radical (unpaired) electrons. The molecule has 0 spiro atoms. The molecule has 1 aromatic heterocycles. The van der Waals surface area contributed by atoms with Gasteiger partial charge in [-0.1, -0.05) is 18.7 Å². The Bertz CT molecular complexity index is 773. The number of alkyl halides is 3. The number of ether oxygens (including phenoxy) is 1. The molecule has 1 amide bonds. The molecule has 7 nitrogen and oxygen atoms in total. The van der Waals surface area contributed by atoms with E-state index in [0.717, 1.165) is 25.9 Å². The smallest absolute Gasteiger partial charge is 0.406 e. The predicted molar refractivity (Wildman–Crippen MR) is 91.5 cm³/mol. The van der Waals surface area contributed by atoms with Gasteiger partial charge in [0.15, 0.2) is 0 Å². The van der Waals surface area contributed by atoms with Crippen LogP contribution in [0.15, 0.2) is 29.4 Å². The van der Waals surface area contributed by atoms with Gasteiger partial charge in [0.25, 0.3) is 0 Å². The van der Waals surface area contributed by atoms with Gasteiger partial charge in [-0.3, -0.25) is 4.79 Å². The van der Waals surface area contributed by atoms with Crippen LogP contribution in [-0.2, 0) is 4.79 Å². The molecule has 2 heterocycles. The van der Waals surface area contributed by atoms with Crippen LogP contribution in [0.5, 0.6) is 5.75 Å². The zero-order valence-electron chi connectivity index (χ0n) is 14.5. The lowest BCUT2D eigenvalue weighted by Crippen LogP contribution is -2.38. The summed E-state index contributed by atoms with van der Waals surface area (Å²) in [5.41, 5.74) is 0.469. The SMILES string of the molecule is CC1CCN(C(=O)CSc2nnnn2-c2ccc(OC(F)(F)F)cc2)CC1. The second-order valence-electron chi connectivity index (χ2n) is 6.27. The molecule has 0 unspecified atom stereocenters. The summed E-state index contributed by atoms with van der Waals surface area (Å²) in [6, 6.07) is 5.18. The summed E-state index contributed by atoms with van der Waals surface area (Å²) in [6.07, 6.45) is -2.75. The van der Waals surface area contributed by atoms with Crippen molar-refractivity contribution in [2.45, 2.75) is 31.3 Å². The molecular formula is C16H18F3N5O2S. The molecule has 0 N–H and O–H groups in total. The standard InChI is InChI=1S/C16H18F3N5O2S/c1-11-6-8-23(9-7-11)14(25)10-27-15-20-21-22-24(15)12-2-4-13(5-3-12)26-16(17,18)19/h2-5,11H,6-10H2,1H3. The summed E-state index contributed by atoms with van der Waals surface area (Å²) >= 11 is 1.19. The van der Waals surface area contributed by atoms with Crippen LogP contribution in [-0.4, -0.2) is 56.2 Å². The molecule has 27 heavy (non-hydrogen) atoms. The van der Waals surface area contributed by atoms with E-state index in [1.165, 1.54) is 40.7 Å². The number of hydrogen-bond acceptors (Lipinski definition) is 6. The second-order valence-corrected chi connectivity index (χ2v) is 7.21. The van der Waals surface area contributed by atoms with Crippen molar-refractivity contribution in [1.29, 1.82) is 0 Å². The number of carbonyl (C=O) groups excluding carboxylic acids is 1. The van der Waals surface area contributed by atoms with Crippen LogP contribution in [0.4, 0.5) is 13.2 Å². The molecule has 0 aliphatic carbocycles. The molecule has 11 heteroatoms. The number of halogens is 3. The average molecular weight is 401 g/mol. The van der Waals surface area contributed by atoms with Crippen LogP contribution < -0.4 is 4.74 Å². The summed E-state index contributed by atoms with van der Waals surface area (Å²) < 4.78 is 41.9. The number of benzene rings is 1. The maximum atomic E-state index is 12.3. The maximum absolute atomic E-state index is 12.3. The minimum atomic E-state index is -4.75. The van der Waals surface area contributed by atoms with Gasteiger partial charge >= 0.3 is 6.36 Å². The van der Waals surface area contributed by atoms with Crippen LogP contribution in [0.3, 0.4) is 0 Å². The number of likely N-dealkylation sites (tertiary alicyclic amines) is 1. The van der Waals surface area contributed by atoms with Gasteiger partial charge in [-0.15, -0.1) is 18.3 Å². The van der Waals surface area contributed by atoms with Gasteiger partial charge in [0.2, 0.25) is 11.1 Å². The molecular weight excluding hydrogens is 383 g/mol. The van der Waals surface area contributed by atoms with Gasteiger partial charge in [-0.25, -0.2) is 0 Å². The van der Waals surface area contributed by atoms with Gasteiger partial charge in [-0.2, -0.15) is 4.68 Å². The van der Waals surface area contributed by atoms with E-state index in [1.807, 2.05) is 4.90 Å². The minimum absolute atomic E-state index is 0.0235. The zero-order chi connectivity index (χ0) is 19.4. The predicted octanol–water partition coefficient (Wildman–Crippen LogP) is 2.91. The van der Waals surface area contributed by atoms with Crippen molar-refractivity contribution >= 4 is 17.7 Å². The summed E-state index contributed by atoms with van der Waals surface area (Å²) in [7, 11) is 0. The highest BCUT2D eigenvalue weighted by molar-refractivity contribution is 7.99. The molecule has 1 saturated heterocycles. The summed E-state index contributed by atoms with van der Waals surface area (Å²) in [5.74, 6) is 0.529. The second kappa shape index (κ2) is 8.15. The Morgan fingerprint density at radius 2 is 1.93 bits per heavy atom. The van der Waals surface area contributed by atoms with E-state index in [4.69, 9.17) is 0 Å². The normalized spacial score (nSPS) is 15.8. The molecule has 1 aliphatic rings. The third-order valence-electron chi connectivity index (χ3n) is 4.22. The van der Waals surface area contributed by atoms with Gasteiger partial charge < -0.3 is 9.64 Å². The number of hydrogen-bond donors (Lipinski definition) is 0. The highest BCUT2D eigenvalue weighted by Crippen LogP contribution is 2.25. The van der Waals surface area contributed by atoms with Crippen molar-refractivity contribution in [2.24, 2.45) is 5.92 Å². The first kappa shape index (κ1) is 19.5. The molecule has 1 aliphatic heterocycles. The van der Waals surface area contributed by atoms with Crippen molar-refractivity contribution in [3.05, 3.63) is 24.3 Å². The van der Waals surface area contributed by atoms with Gasteiger partial charge in [0.1, 0.15) is 5.75 Å². The summed E-state index contributed by atoms with van der Waals surface area (Å²) in [6.45, 7) is 3.69. The number of aromatic nitrogens is 4. The van der Waals surface area contributed by atoms with Gasteiger partial charge in [0.05, 0.1) is 11.4 Å². The van der Waals surface area contributed by atoms with Crippen LogP contribution in [0.25, 0.3) is 5.69 Å². The number of rotatable bonds is 5. The van der Waals surface area contributed by atoms with Crippen LogP contribution in [0, 0.1) is 5.92 Å². The van der Waals surface area contributed by atoms with E-state index < -0.39 is 6.36 Å². The Kier molecular flexibility index (Phi) is 5.88. The van der Waals surface area contributed by atoms with Gasteiger partial charge in [-0.05, 0) is 53.5 Å². The van der Waals surface area contributed by atoms with Gasteiger partial charge in [0, 0.05) is 13.1 Å². The highest BCUT2D eigenvalue weighted by atomic mass is 32.2. The van der Waals surface area contributed by atoms with Crippen molar-refractivity contribution < 1.29 is 22.7 Å². The number of thioether (sulfide) groups is 1. The van der Waals surface area contributed by atoms with E-state index in [9.17, 15) is 18.0 Å². The highest BCUT2D eigenvalue weighted by Gasteiger charge is 2.31. The monoisotopic (exact) mass is 401 g/mol. The number of amides is 1. The molecule has 146 valence electrons. The number of carbonyl (C=O) groups is 1. The molecule has 0 atom stereocenters. The first-order valence-electron chi connectivity index (χ1n) is 8.37. The molecule has 2 aromatic rings. The largest absolute Gasteiger partial charge is 0.573 e. The van der Waals surface area contributed by atoms with E-state index in [2.05, 4.69) is 27.2 Å². The summed E-state index contributed by atoms with van der Waals surface area (Å²) in [5, 5.41) is 11.7. The molecule has 0 saturated carbocycles. The fourth-order valence-electron chi connectivity index (χ4n) is 2.70. The number of nitrogens with zero attached hydrogens (tertiary/aromatic N) is 5. The molecule has 1 aromatic carbocycles. The van der Waals surface area contributed by atoms with Crippen LogP contribution >= 0.6 is 11.8 Å². The molecule has 3 rings (SSSR count). The maximum Gasteiger partial charge on any atom is 0.573 e. The average Bonchev–Trinajstić information content (AvgIpc) is 3.08. The minimum Gasteiger partial charge on any atom is -0.406 e. The van der Waals surface area contributed by atoms with Crippen molar-refractivity contribution in [2.75, 3.05) is 18.8 Å². The Balaban J connectivity index is 1.61. The third-order valence-corrected chi connectivity index (χ3v) is 5.12. The molecule has 0 bridgehead atoms. The van der Waals surface area contributed by atoms with Crippen LogP contribution in [0.2, 0.25) is 0 Å². The van der Waals surface area contributed by atoms with E-state index in [-0.39, 0.29) is 17.4 Å². The molecule has 1 fully saturated rings. The topological polar surface area (TPSA) is 73.1 Å².